The van der Waals surface area contributed by atoms with Gasteiger partial charge in [0.15, 0.2) is 0 Å². The molecule has 0 bridgehead atoms. The molecular formula is C34H65N3O13S2. The predicted octanol–water partition coefficient (Wildman–Crippen LogP) is 0.941. The van der Waals surface area contributed by atoms with Crippen molar-refractivity contribution in [3.8, 4) is 0 Å². The van der Waals surface area contributed by atoms with E-state index in [9.17, 15) is 9.59 Å². The van der Waals surface area contributed by atoms with Gasteiger partial charge in [-0.1, -0.05) is 6.42 Å². The number of thioether (sulfide) groups is 1. The van der Waals surface area contributed by atoms with Crippen molar-refractivity contribution in [1.82, 2.24) is 16.0 Å². The smallest absolute Gasteiger partial charge is 0.315 e. The van der Waals surface area contributed by atoms with Crippen LogP contribution < -0.4 is 16.0 Å². The highest BCUT2D eigenvalue weighted by Gasteiger charge is 2.42. The maximum Gasteiger partial charge on any atom is 0.315 e. The number of thiol groups is 1. The van der Waals surface area contributed by atoms with Gasteiger partial charge >= 0.3 is 6.03 Å². The second-order valence-corrected chi connectivity index (χ2v) is 13.4. The topological polar surface area (TPSA) is 172 Å². The Labute approximate surface area is 319 Å². The largest absolute Gasteiger partial charge is 0.378 e. The van der Waals surface area contributed by atoms with E-state index in [0.29, 0.717) is 169 Å². The first-order valence-corrected chi connectivity index (χ1v) is 20.3. The van der Waals surface area contributed by atoms with Gasteiger partial charge in [0.2, 0.25) is 5.91 Å². The van der Waals surface area contributed by atoms with E-state index in [1.807, 2.05) is 11.8 Å². The third-order valence-corrected chi connectivity index (χ3v) is 9.30. The highest BCUT2D eigenvalue weighted by molar-refractivity contribution is 8.00. The average molecular weight is 788 g/mol. The second-order valence-electron chi connectivity index (χ2n) is 11.7. The predicted molar refractivity (Wildman–Crippen MR) is 200 cm³/mol. The minimum Gasteiger partial charge on any atom is -0.378 e. The van der Waals surface area contributed by atoms with Crippen LogP contribution in [0.2, 0.25) is 0 Å². The van der Waals surface area contributed by atoms with Crippen LogP contribution in [0.15, 0.2) is 0 Å². The van der Waals surface area contributed by atoms with Crippen LogP contribution in [-0.4, -0.2) is 193 Å². The normalized spacial score (nSPS) is 18.1. The molecule has 3 atom stereocenters. The minimum absolute atomic E-state index is 0.0438. The van der Waals surface area contributed by atoms with E-state index in [-0.39, 0.29) is 24.0 Å². The molecule has 0 spiro atoms. The maximum atomic E-state index is 12.0. The molecule has 0 aromatic carbocycles. The average Bonchev–Trinajstić information content (AvgIpc) is 3.70. The molecule has 0 radical (unpaired) electrons. The molecule has 52 heavy (non-hydrogen) atoms. The Kier molecular flexibility index (Phi) is 32.4. The lowest BCUT2D eigenvalue weighted by molar-refractivity contribution is -0.121. The molecule has 18 heteroatoms. The molecule has 0 aliphatic carbocycles. The number of amides is 3. The lowest BCUT2D eigenvalue weighted by atomic mass is 10.0. The van der Waals surface area contributed by atoms with Gasteiger partial charge in [0, 0.05) is 29.7 Å². The van der Waals surface area contributed by atoms with E-state index in [1.165, 1.54) is 0 Å². The van der Waals surface area contributed by atoms with Gasteiger partial charge in [-0.2, -0.15) is 24.4 Å². The summed E-state index contributed by atoms with van der Waals surface area (Å²) in [7, 11) is 0. The lowest BCUT2D eigenvalue weighted by Crippen LogP contribution is -2.36. The molecule has 306 valence electrons. The monoisotopic (exact) mass is 787 g/mol. The Morgan fingerprint density at radius 1 is 0.577 bits per heavy atom. The van der Waals surface area contributed by atoms with Crippen molar-refractivity contribution in [2.75, 3.05) is 163 Å². The maximum absolute atomic E-state index is 12.0. The molecule has 0 saturated carbocycles. The number of carbonyl (C=O) groups is 2. The molecule has 2 saturated heterocycles. The Hall–Kier alpha value is -1.00. The molecule has 3 N–H and O–H groups in total. The molecule has 16 nitrogen and oxygen atoms in total. The van der Waals surface area contributed by atoms with Crippen molar-refractivity contribution in [2.45, 2.75) is 43.0 Å². The van der Waals surface area contributed by atoms with Gasteiger partial charge in [0.05, 0.1) is 157 Å². The zero-order valence-corrected chi connectivity index (χ0v) is 32.6. The quantitative estimate of drug-likeness (QED) is 0.0393. The van der Waals surface area contributed by atoms with Crippen LogP contribution in [0.1, 0.15) is 25.7 Å². The van der Waals surface area contributed by atoms with E-state index >= 15 is 0 Å². The van der Waals surface area contributed by atoms with Crippen molar-refractivity contribution in [2.24, 2.45) is 0 Å². The zero-order valence-electron chi connectivity index (χ0n) is 30.9. The summed E-state index contributed by atoms with van der Waals surface area (Å²) in [5, 5.41) is 9.29. The van der Waals surface area contributed by atoms with E-state index < -0.39 is 0 Å². The Morgan fingerprint density at radius 2 is 0.962 bits per heavy atom. The summed E-state index contributed by atoms with van der Waals surface area (Å²) in [5.74, 6) is 1.72. The van der Waals surface area contributed by atoms with Gasteiger partial charge in [-0.25, -0.2) is 4.79 Å². The highest BCUT2D eigenvalue weighted by Crippen LogP contribution is 2.33. The van der Waals surface area contributed by atoms with Gasteiger partial charge in [-0.15, -0.1) is 0 Å². The molecule has 0 aromatic heterocycles. The summed E-state index contributed by atoms with van der Waals surface area (Å²) in [4.78, 5) is 23.5. The molecule has 0 aromatic rings. The second kappa shape index (κ2) is 35.7. The SMILES string of the molecule is O=C(CCCCC1SCC2NC(=O)NC21)NCCOCCOCCOCCOCCOCCOCCOCCOCCOCCOCCOCCS. The van der Waals surface area contributed by atoms with Crippen LogP contribution in [-0.2, 0) is 56.9 Å². The van der Waals surface area contributed by atoms with Crippen LogP contribution in [0.3, 0.4) is 0 Å². The van der Waals surface area contributed by atoms with Gasteiger partial charge < -0.3 is 68.1 Å². The van der Waals surface area contributed by atoms with Crippen LogP contribution in [0.4, 0.5) is 4.79 Å². The van der Waals surface area contributed by atoms with E-state index in [0.717, 1.165) is 25.0 Å². The molecule has 3 amide bonds. The van der Waals surface area contributed by atoms with Crippen LogP contribution >= 0.6 is 24.4 Å². The van der Waals surface area contributed by atoms with Crippen LogP contribution in [0, 0.1) is 0 Å². The van der Waals surface area contributed by atoms with E-state index in [1.54, 1.807) is 0 Å². The number of fused-ring (bicyclic) bond motifs is 1. The first kappa shape index (κ1) is 47.2. The summed E-state index contributed by atoms with van der Waals surface area (Å²) in [6, 6.07) is 0.409. The summed E-state index contributed by atoms with van der Waals surface area (Å²) in [5.41, 5.74) is 0. The highest BCUT2D eigenvalue weighted by atomic mass is 32.2. The Bertz CT molecular complexity index is 843. The van der Waals surface area contributed by atoms with E-state index in [4.69, 9.17) is 52.1 Å². The van der Waals surface area contributed by atoms with Gasteiger partial charge in [-0.3, -0.25) is 4.79 Å². The van der Waals surface area contributed by atoms with Crippen molar-refractivity contribution >= 4 is 36.3 Å². The third kappa shape index (κ3) is 27.6. The molecule has 3 unspecified atom stereocenters. The summed E-state index contributed by atoms with van der Waals surface area (Å²) in [6.45, 7) is 11.7. The fraction of sp³-hybridized carbons (Fsp3) is 0.941. The van der Waals surface area contributed by atoms with Gasteiger partial charge in [-0.05, 0) is 12.8 Å². The number of hydrogen-bond donors (Lipinski definition) is 4. The van der Waals surface area contributed by atoms with Gasteiger partial charge in [0.25, 0.3) is 0 Å². The third-order valence-electron chi connectivity index (χ3n) is 7.60. The minimum atomic E-state index is -0.0603. The first-order valence-electron chi connectivity index (χ1n) is 18.6. The summed E-state index contributed by atoms with van der Waals surface area (Å²) >= 11 is 5.97. The standard InChI is InChI=1S/C34H65N3O13S2/c38-32(4-2-1-3-31-33-30(29-52-31)36-34(39)37-33)35-5-6-40-7-8-41-9-10-42-11-12-43-13-14-44-15-16-45-17-18-46-19-20-47-21-22-48-23-24-49-25-26-50-27-28-51/h30-31,33,51H,1-29H2,(H,35,38)(H2,36,37,39). The molecule has 2 aliphatic rings. The zero-order chi connectivity index (χ0) is 37.0. The first-order chi connectivity index (χ1) is 25.7. The number of nitrogens with one attached hydrogen (secondary N) is 3. The molecule has 2 aliphatic heterocycles. The Morgan fingerprint density at radius 3 is 1.37 bits per heavy atom. The van der Waals surface area contributed by atoms with Crippen molar-refractivity contribution in [1.29, 1.82) is 0 Å². The molecular weight excluding hydrogens is 723 g/mol. The Balaban J connectivity index is 1.15. The van der Waals surface area contributed by atoms with E-state index in [2.05, 4.69) is 28.6 Å². The molecule has 2 fully saturated rings. The molecule has 2 heterocycles. The fourth-order valence-electron chi connectivity index (χ4n) is 4.99. The number of hydrogen-bond acceptors (Lipinski definition) is 15. The van der Waals surface area contributed by atoms with Crippen LogP contribution in [0.5, 0.6) is 0 Å². The molecule has 2 rings (SSSR count). The van der Waals surface area contributed by atoms with Crippen LogP contribution in [0.25, 0.3) is 0 Å². The lowest BCUT2D eigenvalue weighted by Gasteiger charge is -2.16. The summed E-state index contributed by atoms with van der Waals surface area (Å²) < 4.78 is 60.0. The number of ether oxygens (including phenoxy) is 11. The number of carbonyl (C=O) groups excluding carboxylic acids is 2. The number of unbranched alkanes of at least 4 members (excludes halogenated alkanes) is 1. The van der Waals surface area contributed by atoms with Crippen molar-refractivity contribution < 1.29 is 61.7 Å². The van der Waals surface area contributed by atoms with Gasteiger partial charge in [0.1, 0.15) is 0 Å². The van der Waals surface area contributed by atoms with Crippen molar-refractivity contribution in [3.05, 3.63) is 0 Å². The number of urea groups is 1. The number of rotatable bonds is 40. The van der Waals surface area contributed by atoms with Crippen molar-refractivity contribution in [3.63, 3.8) is 0 Å². The fourth-order valence-corrected chi connectivity index (χ4v) is 6.66. The summed E-state index contributed by atoms with van der Waals surface area (Å²) in [6.07, 6.45) is 3.34.